The molecule has 0 bridgehead atoms. The molecule has 1 aliphatic heterocycles. The van der Waals surface area contributed by atoms with Crippen LogP contribution in [0.2, 0.25) is 0 Å². The van der Waals surface area contributed by atoms with Crippen molar-refractivity contribution in [3.05, 3.63) is 47.7 Å². The Bertz CT molecular complexity index is 758. The number of aromatic nitrogens is 1. The van der Waals surface area contributed by atoms with Gasteiger partial charge in [0.1, 0.15) is 5.82 Å². The number of ether oxygens (including phenoxy) is 2. The number of methoxy groups -OCH3 is 2. The zero-order valence-corrected chi connectivity index (χ0v) is 15.3. The second-order valence-corrected chi connectivity index (χ2v) is 6.29. The largest absolute Gasteiger partial charge is 0.493 e. The van der Waals surface area contributed by atoms with E-state index in [-0.39, 0.29) is 5.91 Å². The number of rotatable bonds is 7. The van der Waals surface area contributed by atoms with Crippen LogP contribution in [0.3, 0.4) is 0 Å². The molecule has 138 valence electrons. The van der Waals surface area contributed by atoms with Crippen LogP contribution in [0, 0.1) is 0 Å². The van der Waals surface area contributed by atoms with E-state index in [9.17, 15) is 4.79 Å². The highest BCUT2D eigenvalue weighted by atomic mass is 16.5. The van der Waals surface area contributed by atoms with Gasteiger partial charge < -0.3 is 19.7 Å². The van der Waals surface area contributed by atoms with Crippen LogP contribution in [0.15, 0.2) is 36.5 Å². The van der Waals surface area contributed by atoms with Crippen LogP contribution < -0.4 is 19.7 Å². The molecule has 1 amide bonds. The summed E-state index contributed by atoms with van der Waals surface area (Å²) >= 11 is 0. The summed E-state index contributed by atoms with van der Waals surface area (Å²) in [6.07, 6.45) is 4.79. The molecular formula is C20H25N3O3. The minimum absolute atomic E-state index is 0.0756. The molecule has 2 heterocycles. The molecule has 0 aliphatic carbocycles. The second-order valence-electron chi connectivity index (χ2n) is 6.29. The number of carbonyl (C=O) groups excluding carboxylic acids is 1. The summed E-state index contributed by atoms with van der Waals surface area (Å²) in [5.74, 6) is 2.20. The lowest BCUT2D eigenvalue weighted by Crippen LogP contribution is -2.26. The van der Waals surface area contributed by atoms with Gasteiger partial charge >= 0.3 is 0 Å². The number of nitrogens with one attached hydrogen (secondary N) is 1. The molecule has 1 aliphatic rings. The summed E-state index contributed by atoms with van der Waals surface area (Å²) in [5.41, 5.74) is 1.73. The van der Waals surface area contributed by atoms with Crippen molar-refractivity contribution in [1.82, 2.24) is 10.3 Å². The zero-order valence-electron chi connectivity index (χ0n) is 15.3. The number of anilines is 1. The van der Waals surface area contributed by atoms with E-state index in [1.165, 1.54) is 12.8 Å². The average Bonchev–Trinajstić information content (AvgIpc) is 3.22. The Morgan fingerprint density at radius 3 is 2.62 bits per heavy atom. The van der Waals surface area contributed by atoms with Crippen molar-refractivity contribution in [2.24, 2.45) is 0 Å². The zero-order chi connectivity index (χ0) is 18.4. The standard InChI is InChI=1S/C20H25N3O3/c1-25-17-6-5-15(13-18(17)26-2)7-9-22-20(24)16-8-10-21-19(14-16)23-11-3-4-12-23/h5-6,8,10,13-14H,3-4,7,9,11-12H2,1-2H3,(H,22,24). The highest BCUT2D eigenvalue weighted by Gasteiger charge is 2.15. The molecule has 6 heteroatoms. The lowest BCUT2D eigenvalue weighted by molar-refractivity contribution is 0.0954. The van der Waals surface area contributed by atoms with Crippen molar-refractivity contribution in [2.45, 2.75) is 19.3 Å². The molecule has 1 saturated heterocycles. The first-order valence-corrected chi connectivity index (χ1v) is 8.91. The number of benzene rings is 1. The minimum Gasteiger partial charge on any atom is -0.493 e. The summed E-state index contributed by atoms with van der Waals surface area (Å²) in [5, 5.41) is 2.97. The Kier molecular flexibility index (Phi) is 5.94. The van der Waals surface area contributed by atoms with E-state index in [2.05, 4.69) is 15.2 Å². The summed E-state index contributed by atoms with van der Waals surface area (Å²) in [7, 11) is 3.23. The first-order valence-electron chi connectivity index (χ1n) is 8.91. The van der Waals surface area contributed by atoms with Gasteiger partial charge in [0.15, 0.2) is 11.5 Å². The van der Waals surface area contributed by atoms with Crippen LogP contribution in [0.1, 0.15) is 28.8 Å². The van der Waals surface area contributed by atoms with Gasteiger partial charge in [-0.25, -0.2) is 4.98 Å². The average molecular weight is 355 g/mol. The fraction of sp³-hybridized carbons (Fsp3) is 0.400. The van der Waals surface area contributed by atoms with E-state index in [1.807, 2.05) is 24.3 Å². The maximum atomic E-state index is 12.4. The lowest BCUT2D eigenvalue weighted by atomic mass is 10.1. The quantitative estimate of drug-likeness (QED) is 0.827. The highest BCUT2D eigenvalue weighted by Crippen LogP contribution is 2.27. The first-order chi connectivity index (χ1) is 12.7. The van der Waals surface area contributed by atoms with Crippen molar-refractivity contribution < 1.29 is 14.3 Å². The number of carbonyl (C=O) groups is 1. The van der Waals surface area contributed by atoms with Gasteiger partial charge in [0.05, 0.1) is 14.2 Å². The van der Waals surface area contributed by atoms with Gasteiger partial charge in [0.25, 0.3) is 5.91 Å². The maximum absolute atomic E-state index is 12.4. The van der Waals surface area contributed by atoms with Crippen molar-refractivity contribution in [2.75, 3.05) is 38.8 Å². The summed E-state index contributed by atoms with van der Waals surface area (Å²) in [6, 6.07) is 9.41. The maximum Gasteiger partial charge on any atom is 0.251 e. The minimum atomic E-state index is -0.0756. The molecule has 1 fully saturated rings. The number of hydrogen-bond donors (Lipinski definition) is 1. The van der Waals surface area contributed by atoms with Crippen molar-refractivity contribution in [3.8, 4) is 11.5 Å². The number of nitrogens with zero attached hydrogens (tertiary/aromatic N) is 2. The van der Waals surface area contributed by atoms with E-state index in [4.69, 9.17) is 9.47 Å². The SMILES string of the molecule is COc1ccc(CCNC(=O)c2ccnc(N3CCCC3)c2)cc1OC. The van der Waals surface area contributed by atoms with Crippen molar-refractivity contribution in [3.63, 3.8) is 0 Å². The van der Waals surface area contributed by atoms with Crippen LogP contribution in [-0.2, 0) is 6.42 Å². The van der Waals surface area contributed by atoms with E-state index < -0.39 is 0 Å². The molecule has 6 nitrogen and oxygen atoms in total. The van der Waals surface area contributed by atoms with Crippen molar-refractivity contribution in [1.29, 1.82) is 0 Å². The summed E-state index contributed by atoms with van der Waals surface area (Å²) in [4.78, 5) is 19.0. The van der Waals surface area contributed by atoms with Crippen LogP contribution in [-0.4, -0.2) is 44.7 Å². The van der Waals surface area contributed by atoms with Gasteiger partial charge in [-0.3, -0.25) is 4.79 Å². The number of hydrogen-bond acceptors (Lipinski definition) is 5. The third-order valence-electron chi connectivity index (χ3n) is 4.58. The van der Waals surface area contributed by atoms with Crippen molar-refractivity contribution >= 4 is 11.7 Å². The molecule has 0 unspecified atom stereocenters. The third-order valence-corrected chi connectivity index (χ3v) is 4.58. The van der Waals surface area contributed by atoms with Gasteiger partial charge in [0.2, 0.25) is 0 Å². The smallest absolute Gasteiger partial charge is 0.251 e. The van der Waals surface area contributed by atoms with Gasteiger partial charge in [-0.1, -0.05) is 6.07 Å². The Morgan fingerprint density at radius 1 is 1.12 bits per heavy atom. The Balaban J connectivity index is 1.56. The monoisotopic (exact) mass is 355 g/mol. The summed E-state index contributed by atoms with van der Waals surface area (Å²) < 4.78 is 10.6. The van der Waals surface area contributed by atoms with Gasteiger partial charge in [-0.15, -0.1) is 0 Å². The molecule has 0 spiro atoms. The second kappa shape index (κ2) is 8.56. The molecule has 1 aromatic heterocycles. The normalized spacial score (nSPS) is 13.5. The molecule has 0 atom stereocenters. The topological polar surface area (TPSA) is 63.7 Å². The Morgan fingerprint density at radius 2 is 1.88 bits per heavy atom. The molecule has 2 aromatic rings. The van der Waals surface area contributed by atoms with Gasteiger partial charge in [-0.2, -0.15) is 0 Å². The molecule has 0 radical (unpaired) electrons. The molecule has 1 aromatic carbocycles. The molecular weight excluding hydrogens is 330 g/mol. The molecule has 26 heavy (non-hydrogen) atoms. The van der Waals surface area contributed by atoms with Gasteiger partial charge in [0, 0.05) is 31.4 Å². The first kappa shape index (κ1) is 18.0. The number of pyridine rings is 1. The van der Waals surface area contributed by atoms with Crippen LogP contribution in [0.4, 0.5) is 5.82 Å². The van der Waals surface area contributed by atoms with E-state index in [0.717, 1.165) is 30.9 Å². The molecule has 1 N–H and O–H groups in total. The Hall–Kier alpha value is -2.76. The predicted molar refractivity (Wildman–Crippen MR) is 101 cm³/mol. The van der Waals surface area contributed by atoms with Crippen LogP contribution in [0.5, 0.6) is 11.5 Å². The van der Waals surface area contributed by atoms with E-state index in [0.29, 0.717) is 23.6 Å². The van der Waals surface area contributed by atoms with E-state index in [1.54, 1.807) is 26.5 Å². The summed E-state index contributed by atoms with van der Waals surface area (Å²) in [6.45, 7) is 2.57. The van der Waals surface area contributed by atoms with Crippen LogP contribution >= 0.6 is 0 Å². The fourth-order valence-electron chi connectivity index (χ4n) is 3.14. The predicted octanol–water partition coefficient (Wildman–Crippen LogP) is 2.67. The number of amides is 1. The van der Waals surface area contributed by atoms with E-state index >= 15 is 0 Å². The van der Waals surface area contributed by atoms with Crippen LogP contribution in [0.25, 0.3) is 0 Å². The Labute approximate surface area is 154 Å². The molecule has 3 rings (SSSR count). The highest BCUT2D eigenvalue weighted by molar-refractivity contribution is 5.94. The van der Waals surface area contributed by atoms with Gasteiger partial charge in [-0.05, 0) is 49.1 Å². The third kappa shape index (κ3) is 4.25. The molecule has 0 saturated carbocycles. The fourth-order valence-corrected chi connectivity index (χ4v) is 3.14. The lowest BCUT2D eigenvalue weighted by Gasteiger charge is -2.16.